The average Bonchev–Trinajstić information content (AvgIpc) is 2.85. The van der Waals surface area contributed by atoms with Crippen LogP contribution in [0.2, 0.25) is 0 Å². The Labute approximate surface area is 130 Å². The number of alkyl halides is 1. The lowest BCUT2D eigenvalue weighted by Gasteiger charge is -2.09. The second kappa shape index (κ2) is 5.66. The number of hydrogen-bond acceptors (Lipinski definition) is 1. The zero-order valence-electron chi connectivity index (χ0n) is 10.1. The van der Waals surface area contributed by atoms with Crippen molar-refractivity contribution in [3.05, 3.63) is 68.8 Å². The zero-order chi connectivity index (χ0) is 13.2. The lowest BCUT2D eigenvalue weighted by atomic mass is 10.0. The first-order chi connectivity index (χ1) is 9.24. The van der Waals surface area contributed by atoms with E-state index in [4.69, 9.17) is 11.6 Å². The number of rotatable bonds is 3. The van der Waals surface area contributed by atoms with Gasteiger partial charge in [0.15, 0.2) is 0 Å². The molecule has 0 amide bonds. The first kappa shape index (κ1) is 13.2. The van der Waals surface area contributed by atoms with Crippen LogP contribution in [0.1, 0.15) is 15.8 Å². The maximum Gasteiger partial charge on any atom is 0.0730 e. The molecule has 0 radical (unpaired) electrons. The second-order valence-corrected chi connectivity index (χ2v) is 6.81. The van der Waals surface area contributed by atoms with Crippen LogP contribution in [-0.4, -0.2) is 0 Å². The van der Waals surface area contributed by atoms with Crippen molar-refractivity contribution in [2.45, 2.75) is 11.8 Å². The van der Waals surface area contributed by atoms with Crippen LogP contribution >= 0.6 is 38.9 Å². The van der Waals surface area contributed by atoms with E-state index in [9.17, 15) is 0 Å². The molecule has 0 spiro atoms. The molecule has 19 heavy (non-hydrogen) atoms. The van der Waals surface area contributed by atoms with Crippen molar-refractivity contribution in [3.8, 4) is 0 Å². The highest BCUT2D eigenvalue weighted by Gasteiger charge is 2.13. The van der Waals surface area contributed by atoms with Gasteiger partial charge in [-0.25, -0.2) is 0 Å². The number of halogens is 2. The molecule has 0 aliphatic carbocycles. The van der Waals surface area contributed by atoms with Crippen LogP contribution < -0.4 is 0 Å². The van der Waals surface area contributed by atoms with Crippen molar-refractivity contribution in [1.29, 1.82) is 0 Å². The molecule has 0 bridgehead atoms. The van der Waals surface area contributed by atoms with Gasteiger partial charge in [0.2, 0.25) is 0 Å². The lowest BCUT2D eigenvalue weighted by Crippen LogP contribution is -1.94. The minimum atomic E-state index is 0.0236. The summed E-state index contributed by atoms with van der Waals surface area (Å²) in [4.78, 5) is 1.20. The predicted octanol–water partition coefficient (Wildman–Crippen LogP) is 6.19. The highest BCUT2D eigenvalue weighted by molar-refractivity contribution is 9.10. The van der Waals surface area contributed by atoms with Gasteiger partial charge >= 0.3 is 0 Å². The Morgan fingerprint density at radius 3 is 2.58 bits per heavy atom. The summed E-state index contributed by atoms with van der Waals surface area (Å²) in [6.07, 6.45) is 0.853. The van der Waals surface area contributed by atoms with Gasteiger partial charge in [0, 0.05) is 9.35 Å². The van der Waals surface area contributed by atoms with E-state index in [1.165, 1.54) is 21.2 Å². The SMILES string of the molecule is ClC(Cc1ccc2ccccc2c1)c1sccc1Br. The van der Waals surface area contributed by atoms with Crippen LogP contribution in [0.3, 0.4) is 0 Å². The van der Waals surface area contributed by atoms with Crippen molar-refractivity contribution in [1.82, 2.24) is 0 Å². The molecule has 0 aliphatic rings. The highest BCUT2D eigenvalue weighted by Crippen LogP contribution is 2.35. The maximum absolute atomic E-state index is 6.52. The molecule has 3 heteroatoms. The minimum Gasteiger partial charge on any atom is -0.146 e. The fraction of sp³-hybridized carbons (Fsp3) is 0.125. The van der Waals surface area contributed by atoms with Crippen molar-refractivity contribution < 1.29 is 0 Å². The monoisotopic (exact) mass is 350 g/mol. The molecule has 0 nitrogen and oxygen atoms in total. The Balaban J connectivity index is 1.87. The van der Waals surface area contributed by atoms with E-state index in [1.54, 1.807) is 11.3 Å². The Hall–Kier alpha value is -0.830. The van der Waals surface area contributed by atoms with E-state index in [0.717, 1.165) is 10.9 Å². The number of benzene rings is 2. The van der Waals surface area contributed by atoms with Crippen molar-refractivity contribution in [2.24, 2.45) is 0 Å². The van der Waals surface area contributed by atoms with Gasteiger partial charge in [-0.05, 0) is 50.1 Å². The molecule has 3 aromatic rings. The summed E-state index contributed by atoms with van der Waals surface area (Å²) in [5, 5.41) is 4.63. The van der Waals surface area contributed by atoms with E-state index in [1.807, 2.05) is 0 Å². The fourth-order valence-corrected chi connectivity index (χ4v) is 4.40. The third kappa shape index (κ3) is 2.86. The summed E-state index contributed by atoms with van der Waals surface area (Å²) in [5.74, 6) is 0. The number of thiophene rings is 1. The van der Waals surface area contributed by atoms with Gasteiger partial charge in [0.05, 0.1) is 5.38 Å². The predicted molar refractivity (Wildman–Crippen MR) is 88.3 cm³/mol. The van der Waals surface area contributed by atoms with E-state index < -0.39 is 0 Å². The maximum atomic E-state index is 6.52. The molecule has 3 rings (SSSR count). The third-order valence-electron chi connectivity index (χ3n) is 3.16. The summed E-state index contributed by atoms with van der Waals surface area (Å²) in [6.45, 7) is 0. The van der Waals surface area contributed by atoms with E-state index in [2.05, 4.69) is 69.8 Å². The summed E-state index contributed by atoms with van der Waals surface area (Å²) < 4.78 is 1.11. The first-order valence-electron chi connectivity index (χ1n) is 6.08. The first-order valence-corrected chi connectivity index (χ1v) is 8.19. The van der Waals surface area contributed by atoms with Crippen LogP contribution in [0.4, 0.5) is 0 Å². The average molecular weight is 352 g/mol. The Kier molecular flexibility index (Phi) is 3.92. The lowest BCUT2D eigenvalue weighted by molar-refractivity contribution is 0.938. The molecule has 0 aliphatic heterocycles. The largest absolute Gasteiger partial charge is 0.146 e. The summed E-state index contributed by atoms with van der Waals surface area (Å²) >= 11 is 11.8. The Morgan fingerprint density at radius 2 is 1.84 bits per heavy atom. The third-order valence-corrected chi connectivity index (χ3v) is 5.64. The van der Waals surface area contributed by atoms with Crippen molar-refractivity contribution >= 4 is 49.6 Å². The van der Waals surface area contributed by atoms with Crippen LogP contribution in [0.15, 0.2) is 58.4 Å². The molecule has 1 heterocycles. The van der Waals surface area contributed by atoms with Gasteiger partial charge in [0.25, 0.3) is 0 Å². The van der Waals surface area contributed by atoms with Crippen molar-refractivity contribution in [2.75, 3.05) is 0 Å². The normalized spacial score (nSPS) is 12.7. The van der Waals surface area contributed by atoms with Gasteiger partial charge < -0.3 is 0 Å². The fourth-order valence-electron chi connectivity index (χ4n) is 2.19. The molecule has 2 aromatic carbocycles. The molecule has 0 saturated carbocycles. The minimum absolute atomic E-state index is 0.0236. The molecular formula is C16H12BrClS. The van der Waals surface area contributed by atoms with Crippen LogP contribution in [0.5, 0.6) is 0 Å². The van der Waals surface area contributed by atoms with Gasteiger partial charge in [-0.3, -0.25) is 0 Å². The molecule has 1 unspecified atom stereocenters. The Morgan fingerprint density at radius 1 is 1.05 bits per heavy atom. The molecule has 0 fully saturated rings. The van der Waals surface area contributed by atoms with Crippen LogP contribution in [0, 0.1) is 0 Å². The number of hydrogen-bond donors (Lipinski definition) is 0. The van der Waals surface area contributed by atoms with Gasteiger partial charge in [-0.2, -0.15) is 0 Å². The highest BCUT2D eigenvalue weighted by atomic mass is 79.9. The Bertz CT molecular complexity index is 705. The summed E-state index contributed by atoms with van der Waals surface area (Å²) in [5.41, 5.74) is 1.28. The van der Waals surface area contributed by atoms with Crippen LogP contribution in [0.25, 0.3) is 10.8 Å². The summed E-state index contributed by atoms with van der Waals surface area (Å²) in [6, 6.07) is 17.0. The van der Waals surface area contributed by atoms with Crippen molar-refractivity contribution in [3.63, 3.8) is 0 Å². The molecule has 0 N–H and O–H groups in total. The van der Waals surface area contributed by atoms with Gasteiger partial charge in [-0.1, -0.05) is 42.5 Å². The van der Waals surface area contributed by atoms with Crippen LogP contribution in [-0.2, 0) is 6.42 Å². The smallest absolute Gasteiger partial charge is 0.0730 e. The van der Waals surface area contributed by atoms with Gasteiger partial charge in [0.1, 0.15) is 0 Å². The molecule has 1 atom stereocenters. The molecule has 1 aromatic heterocycles. The molecule has 96 valence electrons. The van der Waals surface area contributed by atoms with E-state index in [0.29, 0.717) is 0 Å². The molecular weight excluding hydrogens is 340 g/mol. The second-order valence-electron chi connectivity index (χ2n) is 4.49. The van der Waals surface area contributed by atoms with E-state index in [-0.39, 0.29) is 5.38 Å². The summed E-state index contributed by atoms with van der Waals surface area (Å²) in [7, 11) is 0. The standard InChI is InChI=1S/C16H12BrClS/c17-14-7-8-19-16(14)15(18)10-11-5-6-12-3-1-2-4-13(12)9-11/h1-9,15H,10H2. The molecule has 0 saturated heterocycles. The number of fused-ring (bicyclic) bond motifs is 1. The zero-order valence-corrected chi connectivity index (χ0v) is 13.3. The van der Waals surface area contributed by atoms with Gasteiger partial charge in [-0.15, -0.1) is 22.9 Å². The van der Waals surface area contributed by atoms with E-state index >= 15 is 0 Å². The quantitative estimate of drug-likeness (QED) is 0.494. The topological polar surface area (TPSA) is 0 Å².